The van der Waals surface area contributed by atoms with Gasteiger partial charge in [-0.2, -0.15) is 17.5 Å². The molecule has 3 rings (SSSR count). The molecule has 1 heterocycles. The number of halogens is 3. The normalized spacial score (nSPS) is 15.7. The predicted octanol–water partition coefficient (Wildman–Crippen LogP) is 2.59. The first-order valence-electron chi connectivity index (χ1n) is 9.26. The molecule has 0 aliphatic carbocycles. The summed E-state index contributed by atoms with van der Waals surface area (Å²) >= 11 is 0. The largest absolute Gasteiger partial charge is 0.416 e. The first-order chi connectivity index (χ1) is 14.2. The molecule has 0 aromatic heterocycles. The number of nitrogens with zero attached hydrogens (tertiary/aromatic N) is 1. The van der Waals surface area contributed by atoms with E-state index >= 15 is 0 Å². The summed E-state index contributed by atoms with van der Waals surface area (Å²) in [6.07, 6.45) is -4.73. The van der Waals surface area contributed by atoms with Gasteiger partial charge in [-0.1, -0.05) is 36.4 Å². The van der Waals surface area contributed by atoms with E-state index in [-0.39, 0.29) is 36.5 Å². The van der Waals surface area contributed by atoms with Crippen LogP contribution in [-0.4, -0.2) is 44.9 Å². The van der Waals surface area contributed by atoms with Gasteiger partial charge in [0.05, 0.1) is 30.1 Å². The zero-order chi connectivity index (χ0) is 21.8. The lowest BCUT2D eigenvalue weighted by Crippen LogP contribution is -2.41. The van der Waals surface area contributed by atoms with Crippen molar-refractivity contribution in [2.24, 2.45) is 0 Å². The van der Waals surface area contributed by atoms with Gasteiger partial charge in [0.1, 0.15) is 0 Å². The van der Waals surface area contributed by atoms with Crippen molar-refractivity contribution < 1.29 is 31.1 Å². The molecule has 0 bridgehead atoms. The van der Waals surface area contributed by atoms with Gasteiger partial charge < -0.3 is 10.1 Å². The van der Waals surface area contributed by atoms with Crippen LogP contribution in [0, 0.1) is 0 Å². The maximum atomic E-state index is 12.9. The Morgan fingerprint density at radius 3 is 2.47 bits per heavy atom. The van der Waals surface area contributed by atoms with Crippen LogP contribution in [0.3, 0.4) is 0 Å². The van der Waals surface area contributed by atoms with Gasteiger partial charge in [0, 0.05) is 19.6 Å². The second-order valence-electron chi connectivity index (χ2n) is 6.78. The quantitative estimate of drug-likeness (QED) is 0.746. The molecule has 10 heteroatoms. The number of carbonyl (C=O) groups excluding carboxylic acids is 1. The molecule has 0 saturated carbocycles. The van der Waals surface area contributed by atoms with Crippen molar-refractivity contribution in [3.63, 3.8) is 0 Å². The summed E-state index contributed by atoms with van der Waals surface area (Å²) in [5.74, 6) is -0.507. The molecule has 1 fully saturated rings. The Kier molecular flexibility index (Phi) is 6.79. The van der Waals surface area contributed by atoms with Crippen molar-refractivity contribution in [2.45, 2.75) is 24.0 Å². The van der Waals surface area contributed by atoms with Crippen LogP contribution in [0.25, 0.3) is 0 Å². The molecule has 0 spiro atoms. The van der Waals surface area contributed by atoms with Gasteiger partial charge in [0.25, 0.3) is 0 Å². The fourth-order valence-corrected chi connectivity index (χ4v) is 4.76. The Labute approximate surface area is 172 Å². The fraction of sp³-hybridized carbons (Fsp3) is 0.350. The number of amides is 1. The van der Waals surface area contributed by atoms with Crippen LogP contribution in [0.1, 0.15) is 16.7 Å². The van der Waals surface area contributed by atoms with Gasteiger partial charge in [0.2, 0.25) is 15.9 Å². The van der Waals surface area contributed by atoms with Crippen molar-refractivity contribution >= 4 is 15.9 Å². The van der Waals surface area contributed by atoms with E-state index in [0.29, 0.717) is 18.8 Å². The topological polar surface area (TPSA) is 75.7 Å². The summed E-state index contributed by atoms with van der Waals surface area (Å²) in [5, 5.41) is 2.59. The van der Waals surface area contributed by atoms with Gasteiger partial charge in [-0.25, -0.2) is 8.42 Å². The highest BCUT2D eigenvalue weighted by atomic mass is 32.2. The molecule has 2 aromatic rings. The lowest BCUT2D eigenvalue weighted by atomic mass is 10.1. The number of sulfonamides is 1. The van der Waals surface area contributed by atoms with E-state index in [4.69, 9.17) is 4.74 Å². The molecule has 0 unspecified atom stereocenters. The van der Waals surface area contributed by atoms with Gasteiger partial charge in [-0.15, -0.1) is 0 Å². The van der Waals surface area contributed by atoms with E-state index in [2.05, 4.69) is 5.32 Å². The number of hydrogen-bond acceptors (Lipinski definition) is 4. The molecule has 30 heavy (non-hydrogen) atoms. The number of carbonyl (C=O) groups is 1. The number of benzene rings is 2. The first kappa shape index (κ1) is 22.3. The molecule has 6 nitrogen and oxygen atoms in total. The van der Waals surface area contributed by atoms with E-state index < -0.39 is 27.7 Å². The summed E-state index contributed by atoms with van der Waals surface area (Å²) in [7, 11) is -3.74. The Morgan fingerprint density at radius 2 is 1.77 bits per heavy atom. The van der Waals surface area contributed by atoms with Crippen molar-refractivity contribution in [1.82, 2.24) is 9.62 Å². The molecular weight excluding hydrogens is 421 g/mol. The predicted molar refractivity (Wildman–Crippen MR) is 103 cm³/mol. The van der Waals surface area contributed by atoms with E-state index in [1.54, 1.807) is 18.2 Å². The Balaban J connectivity index is 1.69. The number of ether oxygens (including phenoxy) is 1. The second kappa shape index (κ2) is 9.15. The van der Waals surface area contributed by atoms with Crippen LogP contribution >= 0.6 is 0 Å². The van der Waals surface area contributed by atoms with Gasteiger partial charge in [-0.3, -0.25) is 4.79 Å². The van der Waals surface area contributed by atoms with E-state index in [1.165, 1.54) is 22.5 Å². The zero-order valence-electron chi connectivity index (χ0n) is 16.0. The monoisotopic (exact) mass is 442 g/mol. The van der Waals surface area contributed by atoms with Gasteiger partial charge in [0.15, 0.2) is 0 Å². The lowest BCUT2D eigenvalue weighted by Gasteiger charge is -2.27. The van der Waals surface area contributed by atoms with Crippen LogP contribution < -0.4 is 5.32 Å². The average molecular weight is 442 g/mol. The van der Waals surface area contributed by atoms with E-state index in [1.807, 2.05) is 0 Å². The smallest absolute Gasteiger partial charge is 0.379 e. The van der Waals surface area contributed by atoms with E-state index in [9.17, 15) is 26.4 Å². The number of morpholine rings is 1. The average Bonchev–Trinajstić information content (AvgIpc) is 2.73. The highest BCUT2D eigenvalue weighted by Crippen LogP contribution is 2.29. The van der Waals surface area contributed by atoms with Crippen LogP contribution in [0.4, 0.5) is 13.2 Å². The molecule has 0 atom stereocenters. The number of alkyl halides is 3. The third-order valence-electron chi connectivity index (χ3n) is 4.66. The van der Waals surface area contributed by atoms with Crippen molar-refractivity contribution in [1.29, 1.82) is 0 Å². The first-order valence-corrected chi connectivity index (χ1v) is 10.7. The minimum absolute atomic E-state index is 0.0580. The third kappa shape index (κ3) is 5.38. The number of hydrogen-bond donors (Lipinski definition) is 1. The molecule has 1 aliphatic heterocycles. The highest BCUT2D eigenvalue weighted by Gasteiger charge is 2.30. The third-order valence-corrected chi connectivity index (χ3v) is 6.65. The molecule has 1 saturated heterocycles. The zero-order valence-corrected chi connectivity index (χ0v) is 16.8. The molecule has 1 N–H and O–H groups in total. The fourth-order valence-electron chi connectivity index (χ4n) is 3.13. The Bertz CT molecular complexity index is 1000. The Hall–Kier alpha value is -2.43. The van der Waals surface area contributed by atoms with E-state index in [0.717, 1.165) is 12.1 Å². The number of nitrogens with one attached hydrogen (secondary N) is 1. The Morgan fingerprint density at radius 1 is 1.07 bits per heavy atom. The molecular formula is C20H21F3N2O4S. The lowest BCUT2D eigenvalue weighted by molar-refractivity contribution is -0.137. The van der Waals surface area contributed by atoms with Crippen molar-refractivity contribution in [3.05, 3.63) is 65.2 Å². The van der Waals surface area contributed by atoms with Gasteiger partial charge in [-0.05, 0) is 23.3 Å². The maximum absolute atomic E-state index is 12.9. The minimum atomic E-state index is -4.49. The van der Waals surface area contributed by atoms with Crippen LogP contribution in [-0.2, 0) is 38.7 Å². The summed E-state index contributed by atoms with van der Waals surface area (Å²) in [4.78, 5) is 12.3. The SMILES string of the molecule is O=C(Cc1cccc(C(F)(F)F)c1)NCc1ccccc1S(=O)(=O)N1CCOCC1. The summed E-state index contributed by atoms with van der Waals surface area (Å²) in [6, 6.07) is 10.9. The van der Waals surface area contributed by atoms with Gasteiger partial charge >= 0.3 is 6.18 Å². The molecule has 0 radical (unpaired) electrons. The number of rotatable bonds is 6. The summed E-state index contributed by atoms with van der Waals surface area (Å²) in [6.45, 7) is 1.07. The summed E-state index contributed by atoms with van der Waals surface area (Å²) in [5.41, 5.74) is -0.201. The molecule has 162 valence electrons. The highest BCUT2D eigenvalue weighted by molar-refractivity contribution is 7.89. The summed E-state index contributed by atoms with van der Waals surface area (Å²) < 4.78 is 70.8. The van der Waals surface area contributed by atoms with Crippen molar-refractivity contribution in [2.75, 3.05) is 26.3 Å². The van der Waals surface area contributed by atoms with Crippen molar-refractivity contribution in [3.8, 4) is 0 Å². The molecule has 1 aliphatic rings. The minimum Gasteiger partial charge on any atom is -0.379 e. The second-order valence-corrected chi connectivity index (χ2v) is 8.68. The maximum Gasteiger partial charge on any atom is 0.416 e. The van der Waals surface area contributed by atoms with Crippen LogP contribution in [0.5, 0.6) is 0 Å². The van der Waals surface area contributed by atoms with Crippen LogP contribution in [0.2, 0.25) is 0 Å². The molecule has 2 aromatic carbocycles. The standard InChI is InChI=1S/C20H21F3N2O4S/c21-20(22,23)17-6-3-4-15(12-17)13-19(26)24-14-16-5-1-2-7-18(16)30(27,28)25-8-10-29-11-9-25/h1-7,12H,8-11,13-14H2,(H,24,26). The molecule has 1 amide bonds. The van der Waals surface area contributed by atoms with Crippen LogP contribution in [0.15, 0.2) is 53.4 Å².